The SMILES string of the molecule is CC(C)c1nc(N(C)S(C)(=O)=O)nc(-c2ccc(F)cc2)c1/C=C/[C@@H](O)C[C@@H](O)CC(=O)OCC(CCCON=O)O[N+](=O)[O-]. The van der Waals surface area contributed by atoms with Crippen molar-refractivity contribution >= 4 is 28.0 Å². The fraction of sp³-hybridized carbons (Fsp3) is 0.519. The lowest BCUT2D eigenvalue weighted by molar-refractivity contribution is -0.769. The monoisotopic (exact) mass is 657 g/mol. The predicted octanol–water partition coefficient (Wildman–Crippen LogP) is 2.92. The number of carbonyl (C=O) groups is 1. The number of benzene rings is 1. The lowest BCUT2D eigenvalue weighted by atomic mass is 9.97. The molecule has 1 aromatic carbocycles. The third-order valence-electron chi connectivity index (χ3n) is 6.29. The zero-order valence-corrected chi connectivity index (χ0v) is 25.9. The Hall–Kier alpha value is -4.29. The van der Waals surface area contributed by atoms with Crippen LogP contribution in [0.5, 0.6) is 0 Å². The summed E-state index contributed by atoms with van der Waals surface area (Å²) in [5, 5.41) is 32.8. The molecule has 0 spiro atoms. The molecular formula is C27H36FN5O11S. The molecule has 2 N–H and O–H groups in total. The van der Waals surface area contributed by atoms with Crippen LogP contribution in [-0.4, -0.2) is 84.5 Å². The number of halogens is 1. The summed E-state index contributed by atoms with van der Waals surface area (Å²) in [7, 11) is -2.42. The molecule has 0 aliphatic rings. The van der Waals surface area contributed by atoms with Gasteiger partial charge in [0.1, 0.15) is 25.1 Å². The van der Waals surface area contributed by atoms with E-state index in [1.165, 1.54) is 43.5 Å². The van der Waals surface area contributed by atoms with Gasteiger partial charge in [0.05, 0.1) is 36.3 Å². The molecule has 0 saturated carbocycles. The summed E-state index contributed by atoms with van der Waals surface area (Å²) >= 11 is 0. The normalized spacial score (nSPS) is 13.7. The molecule has 16 nitrogen and oxygen atoms in total. The Morgan fingerprint density at radius 2 is 1.89 bits per heavy atom. The fourth-order valence-corrected chi connectivity index (χ4v) is 4.36. The molecule has 1 heterocycles. The Labute approximate surface area is 258 Å². The van der Waals surface area contributed by atoms with Gasteiger partial charge in [0.2, 0.25) is 16.0 Å². The predicted molar refractivity (Wildman–Crippen MR) is 159 cm³/mol. The minimum atomic E-state index is -3.72. The van der Waals surface area contributed by atoms with Gasteiger partial charge in [0, 0.05) is 24.6 Å². The van der Waals surface area contributed by atoms with Crippen LogP contribution in [0.3, 0.4) is 0 Å². The maximum absolute atomic E-state index is 13.7. The molecule has 18 heteroatoms. The van der Waals surface area contributed by atoms with E-state index in [1.807, 2.05) is 13.8 Å². The van der Waals surface area contributed by atoms with E-state index < -0.39 is 58.2 Å². The van der Waals surface area contributed by atoms with Crippen molar-refractivity contribution in [3.8, 4) is 11.3 Å². The molecule has 3 atom stereocenters. The average molecular weight is 658 g/mol. The van der Waals surface area contributed by atoms with Gasteiger partial charge in [-0.05, 0) is 43.0 Å². The van der Waals surface area contributed by atoms with Gasteiger partial charge < -0.3 is 24.6 Å². The van der Waals surface area contributed by atoms with Crippen LogP contribution in [0.4, 0.5) is 10.3 Å². The van der Waals surface area contributed by atoms with Crippen LogP contribution >= 0.6 is 0 Å². The fourth-order valence-electron chi connectivity index (χ4n) is 3.98. The number of aliphatic hydroxyl groups excluding tert-OH is 2. The Kier molecular flexibility index (Phi) is 14.2. The third kappa shape index (κ3) is 12.3. The quantitative estimate of drug-likeness (QED) is 0.0730. The van der Waals surface area contributed by atoms with Crippen molar-refractivity contribution in [1.82, 2.24) is 9.97 Å². The van der Waals surface area contributed by atoms with Gasteiger partial charge in [-0.2, -0.15) is 0 Å². The van der Waals surface area contributed by atoms with Crippen LogP contribution in [0.25, 0.3) is 17.3 Å². The van der Waals surface area contributed by atoms with E-state index in [1.54, 1.807) is 0 Å². The molecule has 0 amide bonds. The first-order valence-electron chi connectivity index (χ1n) is 13.7. The van der Waals surface area contributed by atoms with Crippen LogP contribution in [-0.2, 0) is 29.2 Å². The van der Waals surface area contributed by atoms with Crippen molar-refractivity contribution in [2.24, 2.45) is 5.34 Å². The summed E-state index contributed by atoms with van der Waals surface area (Å²) in [5.74, 6) is -1.74. The summed E-state index contributed by atoms with van der Waals surface area (Å²) in [6, 6.07) is 5.37. The molecule has 45 heavy (non-hydrogen) atoms. The molecule has 0 saturated heterocycles. The molecule has 0 aliphatic heterocycles. The third-order valence-corrected chi connectivity index (χ3v) is 7.45. The van der Waals surface area contributed by atoms with E-state index >= 15 is 0 Å². The number of hydrogen-bond donors (Lipinski definition) is 2. The maximum atomic E-state index is 13.7. The van der Waals surface area contributed by atoms with Gasteiger partial charge in [0.25, 0.3) is 5.09 Å². The summed E-state index contributed by atoms with van der Waals surface area (Å²) in [5.41, 5.74) is 1.57. The average Bonchev–Trinajstić information content (AvgIpc) is 2.95. The number of rotatable bonds is 19. The molecule has 0 aliphatic carbocycles. The van der Waals surface area contributed by atoms with E-state index in [9.17, 15) is 42.8 Å². The first-order valence-corrected chi connectivity index (χ1v) is 15.5. The van der Waals surface area contributed by atoms with Gasteiger partial charge in [-0.25, -0.2) is 27.1 Å². The van der Waals surface area contributed by atoms with E-state index in [2.05, 4.69) is 25.0 Å². The van der Waals surface area contributed by atoms with E-state index in [4.69, 9.17) is 4.74 Å². The summed E-state index contributed by atoms with van der Waals surface area (Å²) in [6.45, 7) is 3.03. The van der Waals surface area contributed by atoms with Gasteiger partial charge in [0.15, 0.2) is 5.34 Å². The van der Waals surface area contributed by atoms with Crippen LogP contribution in [0.2, 0.25) is 0 Å². The number of carbonyl (C=O) groups excluding carboxylic acids is 1. The minimum absolute atomic E-state index is 0.0172. The highest BCUT2D eigenvalue weighted by atomic mass is 32.2. The number of esters is 1. The van der Waals surface area contributed by atoms with E-state index in [-0.39, 0.29) is 43.4 Å². The van der Waals surface area contributed by atoms with Crippen molar-refractivity contribution in [2.75, 3.05) is 30.8 Å². The number of aliphatic hydroxyl groups is 2. The zero-order valence-electron chi connectivity index (χ0n) is 25.1. The highest BCUT2D eigenvalue weighted by Gasteiger charge is 2.23. The second kappa shape index (κ2) is 17.3. The van der Waals surface area contributed by atoms with Crippen LogP contribution in [0, 0.1) is 20.8 Å². The Bertz CT molecular complexity index is 1440. The Morgan fingerprint density at radius 1 is 1.22 bits per heavy atom. The topological polar surface area (TPSA) is 221 Å². The molecule has 1 aromatic heterocycles. The van der Waals surface area contributed by atoms with Crippen LogP contribution in [0.15, 0.2) is 35.7 Å². The number of anilines is 1. The number of aromatic nitrogens is 2. The molecular weight excluding hydrogens is 621 g/mol. The summed E-state index contributed by atoms with van der Waals surface area (Å²) in [6.07, 6.45) is -0.598. The minimum Gasteiger partial charge on any atom is -0.463 e. The number of hydrogen-bond acceptors (Lipinski definition) is 14. The van der Waals surface area contributed by atoms with Crippen molar-refractivity contribution in [3.63, 3.8) is 0 Å². The van der Waals surface area contributed by atoms with Gasteiger partial charge in [-0.3, -0.25) is 4.79 Å². The van der Waals surface area contributed by atoms with Crippen molar-refractivity contribution < 1.29 is 47.3 Å². The van der Waals surface area contributed by atoms with Crippen LogP contribution < -0.4 is 4.31 Å². The van der Waals surface area contributed by atoms with E-state index in [0.717, 1.165) is 10.6 Å². The maximum Gasteiger partial charge on any atom is 0.308 e. The number of ether oxygens (including phenoxy) is 1. The molecule has 2 aromatic rings. The second-order valence-electron chi connectivity index (χ2n) is 10.3. The van der Waals surface area contributed by atoms with Crippen molar-refractivity contribution in [3.05, 3.63) is 62.4 Å². The van der Waals surface area contributed by atoms with Crippen LogP contribution in [0.1, 0.15) is 56.7 Å². The molecule has 0 bridgehead atoms. The lowest BCUT2D eigenvalue weighted by Crippen LogP contribution is -2.27. The largest absolute Gasteiger partial charge is 0.463 e. The summed E-state index contributed by atoms with van der Waals surface area (Å²) < 4.78 is 44.0. The molecule has 0 radical (unpaired) electrons. The number of nitrogens with zero attached hydrogens (tertiary/aromatic N) is 5. The Balaban J connectivity index is 2.19. The van der Waals surface area contributed by atoms with Gasteiger partial charge >= 0.3 is 5.97 Å². The standard InChI is InChI=1S/C27H36FN5O11S/c1-17(2)25-23(26(18-7-9-19(28)10-8-18)30-27(29-25)32(3)45(4,40)41)12-11-20(34)14-21(35)15-24(36)42-16-22(44-33(38)39)6-5-13-43-31-37/h7-12,17,20-22,34-35H,5-6,13-16H2,1-4H3/b12-11+/t20-,21-,22?/m1/s1. The highest BCUT2D eigenvalue weighted by molar-refractivity contribution is 7.92. The zero-order chi connectivity index (χ0) is 33.7. The molecule has 1 unspecified atom stereocenters. The Morgan fingerprint density at radius 3 is 2.47 bits per heavy atom. The number of sulfonamides is 1. The summed E-state index contributed by atoms with van der Waals surface area (Å²) in [4.78, 5) is 50.4. The van der Waals surface area contributed by atoms with Crippen molar-refractivity contribution in [1.29, 1.82) is 0 Å². The second-order valence-corrected chi connectivity index (χ2v) is 12.3. The van der Waals surface area contributed by atoms with Gasteiger partial charge in [-0.1, -0.05) is 26.0 Å². The molecule has 248 valence electrons. The molecule has 2 rings (SSSR count). The van der Waals surface area contributed by atoms with E-state index in [0.29, 0.717) is 16.8 Å². The van der Waals surface area contributed by atoms with Gasteiger partial charge in [-0.15, -0.1) is 15.0 Å². The highest BCUT2D eigenvalue weighted by Crippen LogP contribution is 2.31. The smallest absolute Gasteiger partial charge is 0.308 e. The molecule has 0 fully saturated rings. The first kappa shape index (κ1) is 36.9. The van der Waals surface area contributed by atoms with Crippen molar-refractivity contribution in [2.45, 2.75) is 63.8 Å². The first-order chi connectivity index (χ1) is 21.1. The lowest BCUT2D eigenvalue weighted by Gasteiger charge is -2.20.